The van der Waals surface area contributed by atoms with E-state index in [1.54, 1.807) is 0 Å². The molecule has 0 radical (unpaired) electrons. The fourth-order valence-electron chi connectivity index (χ4n) is 1.69. The first-order valence-electron chi connectivity index (χ1n) is 4.39. The molecule has 2 N–H and O–H groups in total. The van der Waals surface area contributed by atoms with Crippen LogP contribution in [-0.4, -0.2) is 4.37 Å². The standard InChI is InChI=1S/C11H8N2S/c12-11-9-6-5-7-3-1-2-4-8(7)10(9)14-13-11/h1-6H,(H2,12,13). The second kappa shape index (κ2) is 2.69. The Hall–Kier alpha value is -1.61. The molecule has 3 aromatic rings. The molecule has 1 aromatic heterocycles. The summed E-state index contributed by atoms with van der Waals surface area (Å²) in [7, 11) is 0. The molecule has 0 fully saturated rings. The van der Waals surface area contributed by atoms with Gasteiger partial charge >= 0.3 is 0 Å². The maximum Gasteiger partial charge on any atom is 0.145 e. The second-order valence-corrected chi connectivity index (χ2v) is 4.00. The maximum atomic E-state index is 5.77. The highest BCUT2D eigenvalue weighted by atomic mass is 32.1. The number of hydrogen-bond donors (Lipinski definition) is 1. The molecule has 0 unspecified atom stereocenters. The summed E-state index contributed by atoms with van der Waals surface area (Å²) in [5.41, 5.74) is 5.77. The fourth-order valence-corrected chi connectivity index (χ4v) is 2.53. The van der Waals surface area contributed by atoms with E-state index in [4.69, 9.17) is 5.73 Å². The van der Waals surface area contributed by atoms with Gasteiger partial charge in [-0.25, -0.2) is 0 Å². The summed E-state index contributed by atoms with van der Waals surface area (Å²) in [6, 6.07) is 12.4. The lowest BCUT2D eigenvalue weighted by molar-refractivity contribution is 1.59. The number of rotatable bonds is 0. The summed E-state index contributed by atoms with van der Waals surface area (Å²) in [6.45, 7) is 0. The zero-order chi connectivity index (χ0) is 9.54. The number of aromatic nitrogens is 1. The zero-order valence-corrected chi connectivity index (χ0v) is 8.21. The molecule has 0 aliphatic carbocycles. The summed E-state index contributed by atoms with van der Waals surface area (Å²) in [5, 5.41) is 3.54. The molecule has 0 saturated heterocycles. The van der Waals surface area contributed by atoms with Crippen LogP contribution in [0.4, 0.5) is 5.82 Å². The Balaban J connectivity index is 2.61. The number of nitrogens with two attached hydrogens (primary N) is 1. The third-order valence-corrected chi connectivity index (χ3v) is 3.30. The predicted octanol–water partition coefficient (Wildman–Crippen LogP) is 3.03. The van der Waals surface area contributed by atoms with Crippen molar-refractivity contribution >= 4 is 38.2 Å². The lowest BCUT2D eigenvalue weighted by Gasteiger charge is -1.97. The molecular weight excluding hydrogens is 192 g/mol. The van der Waals surface area contributed by atoms with Gasteiger partial charge in [-0.3, -0.25) is 0 Å². The molecule has 14 heavy (non-hydrogen) atoms. The molecule has 2 nitrogen and oxygen atoms in total. The summed E-state index contributed by atoms with van der Waals surface area (Å²) >= 11 is 1.47. The van der Waals surface area contributed by atoms with Gasteiger partial charge in [0, 0.05) is 10.8 Å². The van der Waals surface area contributed by atoms with Crippen molar-refractivity contribution in [2.75, 3.05) is 5.73 Å². The third-order valence-electron chi connectivity index (χ3n) is 2.39. The number of nitrogen functional groups attached to an aromatic ring is 1. The molecule has 3 rings (SSSR count). The van der Waals surface area contributed by atoms with Crippen molar-refractivity contribution in [2.45, 2.75) is 0 Å². The number of hydrogen-bond acceptors (Lipinski definition) is 3. The van der Waals surface area contributed by atoms with Gasteiger partial charge in [0.2, 0.25) is 0 Å². The minimum absolute atomic E-state index is 0.635. The molecule has 0 amide bonds. The second-order valence-electron chi connectivity index (χ2n) is 3.23. The third kappa shape index (κ3) is 0.930. The Labute approximate surface area is 85.1 Å². The molecule has 0 spiro atoms. The van der Waals surface area contributed by atoms with Crippen LogP contribution in [0.15, 0.2) is 36.4 Å². The normalized spacial score (nSPS) is 11.1. The summed E-state index contributed by atoms with van der Waals surface area (Å²) in [5.74, 6) is 0.635. The monoisotopic (exact) mass is 200 g/mol. The van der Waals surface area contributed by atoms with Crippen LogP contribution in [0.5, 0.6) is 0 Å². The molecule has 0 aliphatic rings. The Bertz CT molecular complexity index is 613. The average molecular weight is 200 g/mol. The molecule has 1 heterocycles. The Morgan fingerprint density at radius 1 is 1.00 bits per heavy atom. The van der Waals surface area contributed by atoms with E-state index >= 15 is 0 Å². The van der Waals surface area contributed by atoms with Crippen LogP contribution in [0, 0.1) is 0 Å². The quantitative estimate of drug-likeness (QED) is 0.605. The number of benzene rings is 2. The first kappa shape index (κ1) is 7.76. The van der Waals surface area contributed by atoms with E-state index in [1.807, 2.05) is 18.2 Å². The van der Waals surface area contributed by atoms with Crippen LogP contribution in [0.25, 0.3) is 20.9 Å². The maximum absolute atomic E-state index is 5.77. The van der Waals surface area contributed by atoms with Crippen molar-refractivity contribution in [1.29, 1.82) is 0 Å². The molecule has 0 saturated carbocycles. The van der Waals surface area contributed by atoms with E-state index in [0.717, 1.165) is 5.39 Å². The van der Waals surface area contributed by atoms with Gasteiger partial charge in [-0.1, -0.05) is 30.3 Å². The van der Waals surface area contributed by atoms with Crippen LogP contribution in [0.3, 0.4) is 0 Å². The Kier molecular flexibility index (Phi) is 1.49. The smallest absolute Gasteiger partial charge is 0.145 e. The average Bonchev–Trinajstić information content (AvgIpc) is 2.61. The Morgan fingerprint density at radius 3 is 2.79 bits per heavy atom. The van der Waals surface area contributed by atoms with Gasteiger partial charge in [0.05, 0.1) is 4.70 Å². The summed E-state index contributed by atoms with van der Waals surface area (Å²) in [4.78, 5) is 0. The number of fused-ring (bicyclic) bond motifs is 3. The van der Waals surface area contributed by atoms with Crippen LogP contribution in [0.1, 0.15) is 0 Å². The molecular formula is C11H8N2S. The highest BCUT2D eigenvalue weighted by molar-refractivity contribution is 7.14. The molecule has 0 aliphatic heterocycles. The largest absolute Gasteiger partial charge is 0.382 e. The van der Waals surface area contributed by atoms with Gasteiger partial charge in [0.1, 0.15) is 5.82 Å². The van der Waals surface area contributed by atoms with Gasteiger partial charge in [-0.2, -0.15) is 4.37 Å². The van der Waals surface area contributed by atoms with E-state index in [0.29, 0.717) is 5.82 Å². The van der Waals surface area contributed by atoms with Crippen molar-refractivity contribution in [3.05, 3.63) is 36.4 Å². The van der Waals surface area contributed by atoms with Crippen LogP contribution in [0.2, 0.25) is 0 Å². The number of nitrogens with zero attached hydrogens (tertiary/aromatic N) is 1. The van der Waals surface area contributed by atoms with Crippen LogP contribution >= 0.6 is 11.5 Å². The van der Waals surface area contributed by atoms with E-state index < -0.39 is 0 Å². The van der Waals surface area contributed by atoms with Crippen LogP contribution < -0.4 is 5.73 Å². The van der Waals surface area contributed by atoms with Crippen LogP contribution in [-0.2, 0) is 0 Å². The van der Waals surface area contributed by atoms with Gasteiger partial charge in [-0.15, -0.1) is 0 Å². The SMILES string of the molecule is Nc1nsc2c1ccc1ccccc12. The lowest BCUT2D eigenvalue weighted by Crippen LogP contribution is -1.82. The molecule has 2 aromatic carbocycles. The van der Waals surface area contributed by atoms with Gasteiger partial charge < -0.3 is 5.73 Å². The zero-order valence-electron chi connectivity index (χ0n) is 7.40. The van der Waals surface area contributed by atoms with E-state index in [1.165, 1.54) is 27.0 Å². The van der Waals surface area contributed by atoms with Crippen molar-refractivity contribution in [3.8, 4) is 0 Å². The molecule has 3 heteroatoms. The first-order chi connectivity index (χ1) is 6.86. The predicted molar refractivity (Wildman–Crippen MR) is 61.5 cm³/mol. The molecule has 68 valence electrons. The Morgan fingerprint density at radius 2 is 1.86 bits per heavy atom. The highest BCUT2D eigenvalue weighted by Crippen LogP contribution is 2.31. The fraction of sp³-hybridized carbons (Fsp3) is 0. The van der Waals surface area contributed by atoms with Crippen molar-refractivity contribution < 1.29 is 0 Å². The highest BCUT2D eigenvalue weighted by Gasteiger charge is 2.05. The topological polar surface area (TPSA) is 38.9 Å². The van der Waals surface area contributed by atoms with Crippen molar-refractivity contribution in [2.24, 2.45) is 0 Å². The first-order valence-corrected chi connectivity index (χ1v) is 5.16. The number of anilines is 1. The summed E-state index contributed by atoms with van der Waals surface area (Å²) < 4.78 is 5.35. The molecule has 0 bridgehead atoms. The van der Waals surface area contributed by atoms with Gasteiger partial charge in [0.15, 0.2) is 0 Å². The minimum atomic E-state index is 0.635. The van der Waals surface area contributed by atoms with Gasteiger partial charge in [0.25, 0.3) is 0 Å². The van der Waals surface area contributed by atoms with Crippen molar-refractivity contribution in [3.63, 3.8) is 0 Å². The van der Waals surface area contributed by atoms with Crippen molar-refractivity contribution in [1.82, 2.24) is 4.37 Å². The lowest BCUT2D eigenvalue weighted by atomic mass is 10.1. The summed E-state index contributed by atoms with van der Waals surface area (Å²) in [6.07, 6.45) is 0. The van der Waals surface area contributed by atoms with E-state index in [9.17, 15) is 0 Å². The van der Waals surface area contributed by atoms with E-state index in [-0.39, 0.29) is 0 Å². The molecule has 0 atom stereocenters. The van der Waals surface area contributed by atoms with Gasteiger partial charge in [-0.05, 0) is 23.0 Å². The minimum Gasteiger partial charge on any atom is -0.382 e. The van der Waals surface area contributed by atoms with E-state index in [2.05, 4.69) is 22.6 Å².